The van der Waals surface area contributed by atoms with E-state index in [9.17, 15) is 0 Å². The van der Waals surface area contributed by atoms with Gasteiger partial charge >= 0.3 is 0 Å². The summed E-state index contributed by atoms with van der Waals surface area (Å²) in [5, 5.41) is 9.92. The number of aliphatic imine (C=N–C) groups is 1. The van der Waals surface area contributed by atoms with Crippen LogP contribution < -0.4 is 10.6 Å². The fraction of sp³-hybridized carbons (Fsp3) is 0.500. The Bertz CT molecular complexity index is 712. The van der Waals surface area contributed by atoms with Crippen LogP contribution in [0.25, 0.3) is 0 Å². The molecule has 0 atom stereocenters. The van der Waals surface area contributed by atoms with Crippen LogP contribution >= 0.6 is 35.3 Å². The first-order valence-corrected chi connectivity index (χ1v) is 10.0. The van der Waals surface area contributed by atoms with E-state index in [1.54, 1.807) is 11.3 Å². The van der Waals surface area contributed by atoms with Gasteiger partial charge in [-0.15, -0.1) is 35.3 Å². The zero-order chi connectivity index (χ0) is 18.9. The Labute approximate surface area is 184 Å². The van der Waals surface area contributed by atoms with Crippen molar-refractivity contribution in [3.8, 4) is 0 Å². The first-order chi connectivity index (χ1) is 12.5. The molecule has 0 aliphatic rings. The third-order valence-electron chi connectivity index (χ3n) is 3.82. The van der Waals surface area contributed by atoms with E-state index in [-0.39, 0.29) is 24.0 Å². The van der Waals surface area contributed by atoms with Gasteiger partial charge in [0.25, 0.3) is 0 Å². The molecule has 1 aromatic heterocycles. The highest BCUT2D eigenvalue weighted by Crippen LogP contribution is 2.17. The Balaban J connectivity index is 0.00000364. The first-order valence-electron chi connectivity index (χ1n) is 9.17. The molecule has 0 aliphatic heterocycles. The minimum absolute atomic E-state index is 0. The molecule has 150 valence electrons. The van der Waals surface area contributed by atoms with Gasteiger partial charge in [-0.3, -0.25) is 0 Å². The average molecular weight is 501 g/mol. The molecule has 0 saturated heterocycles. The van der Waals surface area contributed by atoms with Crippen LogP contribution in [-0.2, 0) is 19.6 Å². The summed E-state index contributed by atoms with van der Waals surface area (Å²) < 4.78 is 0. The molecule has 0 saturated carbocycles. The summed E-state index contributed by atoms with van der Waals surface area (Å²) in [5.41, 5.74) is 3.69. The second-order valence-corrected chi connectivity index (χ2v) is 7.87. The number of guanidine groups is 1. The Kier molecular flexibility index (Phi) is 10.9. The summed E-state index contributed by atoms with van der Waals surface area (Å²) in [4.78, 5) is 11.6. The number of nitrogens with one attached hydrogen (secondary N) is 2. The topological polar surface area (TPSA) is 52.6 Å². The fourth-order valence-corrected chi connectivity index (χ4v) is 3.43. The van der Waals surface area contributed by atoms with Crippen molar-refractivity contribution in [2.75, 3.05) is 20.6 Å². The summed E-state index contributed by atoms with van der Waals surface area (Å²) in [6.45, 7) is 9.55. The molecule has 2 rings (SSSR count). The fourth-order valence-electron chi connectivity index (χ4n) is 2.53. The quantitative estimate of drug-likeness (QED) is 0.324. The summed E-state index contributed by atoms with van der Waals surface area (Å²) >= 11 is 1.70. The van der Waals surface area contributed by atoms with Crippen LogP contribution in [0.3, 0.4) is 0 Å². The van der Waals surface area contributed by atoms with Crippen LogP contribution in [0.2, 0.25) is 0 Å². The van der Waals surface area contributed by atoms with E-state index < -0.39 is 0 Å². The molecule has 0 bridgehead atoms. The second kappa shape index (κ2) is 12.3. The predicted molar refractivity (Wildman–Crippen MR) is 127 cm³/mol. The molecule has 0 unspecified atom stereocenters. The Morgan fingerprint density at radius 3 is 2.59 bits per heavy atom. The lowest BCUT2D eigenvalue weighted by atomic mass is 10.1. The monoisotopic (exact) mass is 501 g/mol. The molecule has 2 N–H and O–H groups in total. The Morgan fingerprint density at radius 1 is 1.22 bits per heavy atom. The Morgan fingerprint density at radius 2 is 1.96 bits per heavy atom. The molecule has 2 aromatic rings. The van der Waals surface area contributed by atoms with Gasteiger partial charge in [0.05, 0.1) is 18.8 Å². The zero-order valence-electron chi connectivity index (χ0n) is 17.0. The summed E-state index contributed by atoms with van der Waals surface area (Å²) in [6.07, 6.45) is 0. The summed E-state index contributed by atoms with van der Waals surface area (Å²) in [6, 6.07) is 8.61. The van der Waals surface area contributed by atoms with Crippen molar-refractivity contribution < 1.29 is 0 Å². The normalized spacial score (nSPS) is 11.6. The second-order valence-electron chi connectivity index (χ2n) is 6.93. The predicted octanol–water partition coefficient (Wildman–Crippen LogP) is 4.20. The van der Waals surface area contributed by atoms with Crippen LogP contribution in [0.15, 0.2) is 34.6 Å². The molecule has 0 radical (unpaired) electrons. The van der Waals surface area contributed by atoms with Crippen molar-refractivity contribution in [2.45, 2.75) is 46.3 Å². The van der Waals surface area contributed by atoms with E-state index in [0.717, 1.165) is 29.8 Å². The van der Waals surface area contributed by atoms with Gasteiger partial charge in [0.15, 0.2) is 5.96 Å². The number of halogens is 1. The molecule has 1 aromatic carbocycles. The van der Waals surface area contributed by atoms with E-state index >= 15 is 0 Å². The van der Waals surface area contributed by atoms with E-state index in [1.165, 1.54) is 11.1 Å². The third kappa shape index (κ3) is 8.57. The highest BCUT2D eigenvalue weighted by atomic mass is 127. The number of rotatable bonds is 8. The number of benzene rings is 1. The maximum atomic E-state index is 4.72. The minimum Gasteiger partial charge on any atom is -0.357 e. The van der Waals surface area contributed by atoms with Crippen molar-refractivity contribution in [2.24, 2.45) is 4.99 Å². The molecule has 7 heteroatoms. The molecule has 0 fully saturated rings. The van der Waals surface area contributed by atoms with Gasteiger partial charge in [0, 0.05) is 18.5 Å². The average Bonchev–Trinajstić information content (AvgIpc) is 3.06. The molecule has 0 amide bonds. The number of hydrogen-bond donors (Lipinski definition) is 2. The van der Waals surface area contributed by atoms with Crippen LogP contribution in [0.4, 0.5) is 0 Å². The molecule has 5 nitrogen and oxygen atoms in total. The first kappa shape index (κ1) is 23.8. The number of nitrogens with zero attached hydrogens (tertiary/aromatic N) is 3. The van der Waals surface area contributed by atoms with Crippen molar-refractivity contribution in [3.05, 3.63) is 51.5 Å². The van der Waals surface area contributed by atoms with Gasteiger partial charge in [0.1, 0.15) is 5.01 Å². The highest BCUT2D eigenvalue weighted by molar-refractivity contribution is 14.0. The molecule has 0 spiro atoms. The maximum absolute atomic E-state index is 4.72. The van der Waals surface area contributed by atoms with Gasteiger partial charge in [-0.05, 0) is 38.1 Å². The highest BCUT2D eigenvalue weighted by Gasteiger charge is 2.06. The van der Waals surface area contributed by atoms with E-state index in [0.29, 0.717) is 19.0 Å². The lowest BCUT2D eigenvalue weighted by Crippen LogP contribution is -2.36. The van der Waals surface area contributed by atoms with Gasteiger partial charge in [-0.25, -0.2) is 9.98 Å². The lowest BCUT2D eigenvalue weighted by Gasteiger charge is -2.12. The Hall–Kier alpha value is -1.19. The van der Waals surface area contributed by atoms with Crippen molar-refractivity contribution >= 4 is 41.3 Å². The van der Waals surface area contributed by atoms with E-state index in [2.05, 4.69) is 85.0 Å². The molecular formula is C20H32IN5S. The van der Waals surface area contributed by atoms with Crippen molar-refractivity contribution in [1.82, 2.24) is 20.5 Å². The van der Waals surface area contributed by atoms with E-state index in [4.69, 9.17) is 4.99 Å². The van der Waals surface area contributed by atoms with Crippen molar-refractivity contribution in [3.63, 3.8) is 0 Å². The number of thiazole rings is 1. The van der Waals surface area contributed by atoms with Gasteiger partial charge < -0.3 is 15.5 Å². The maximum Gasteiger partial charge on any atom is 0.191 e. The van der Waals surface area contributed by atoms with E-state index in [1.807, 2.05) is 0 Å². The van der Waals surface area contributed by atoms with Crippen LogP contribution in [0.5, 0.6) is 0 Å². The third-order valence-corrected chi connectivity index (χ3v) is 4.69. The van der Waals surface area contributed by atoms with Gasteiger partial charge in [-0.1, -0.05) is 38.1 Å². The standard InChI is InChI=1S/C20H31N5S.HI/c1-6-21-20(23-12-19-24-18(14-26-19)15(2)3)22-11-16-8-7-9-17(10-16)13-25(4)5;/h7-10,14-15H,6,11-13H2,1-5H3,(H2,21,22,23);1H. The largest absolute Gasteiger partial charge is 0.357 e. The van der Waals surface area contributed by atoms with Gasteiger partial charge in [0.2, 0.25) is 0 Å². The van der Waals surface area contributed by atoms with Crippen LogP contribution in [-0.4, -0.2) is 36.5 Å². The van der Waals surface area contributed by atoms with Gasteiger partial charge in [-0.2, -0.15) is 0 Å². The van der Waals surface area contributed by atoms with Crippen LogP contribution in [0.1, 0.15) is 48.5 Å². The summed E-state index contributed by atoms with van der Waals surface area (Å²) in [7, 11) is 4.17. The lowest BCUT2D eigenvalue weighted by molar-refractivity contribution is 0.402. The summed E-state index contributed by atoms with van der Waals surface area (Å²) in [5.74, 6) is 1.29. The number of hydrogen-bond acceptors (Lipinski definition) is 4. The van der Waals surface area contributed by atoms with Crippen molar-refractivity contribution in [1.29, 1.82) is 0 Å². The zero-order valence-corrected chi connectivity index (χ0v) is 20.1. The smallest absolute Gasteiger partial charge is 0.191 e. The molecule has 27 heavy (non-hydrogen) atoms. The molecule has 1 heterocycles. The molecular weight excluding hydrogens is 469 g/mol. The number of aromatic nitrogens is 1. The molecule has 0 aliphatic carbocycles. The SMILES string of the molecule is CCNC(=NCc1cccc(CN(C)C)c1)NCc1nc(C(C)C)cs1.I. The minimum atomic E-state index is 0. The van der Waals surface area contributed by atoms with Crippen LogP contribution in [0, 0.1) is 0 Å².